The Morgan fingerprint density at radius 1 is 1.12 bits per heavy atom. The number of nitrogens with zero attached hydrogens (tertiary/aromatic N) is 2. The van der Waals surface area contributed by atoms with Crippen LogP contribution >= 0.6 is 0 Å². The van der Waals surface area contributed by atoms with Crippen molar-refractivity contribution in [2.75, 3.05) is 45.9 Å². The minimum absolute atomic E-state index is 0.231. The summed E-state index contributed by atoms with van der Waals surface area (Å²) in [6.45, 7) is 6.84. The summed E-state index contributed by atoms with van der Waals surface area (Å²) in [5.41, 5.74) is 1.33. The zero-order valence-electron chi connectivity index (χ0n) is 14.4. The fourth-order valence-electron chi connectivity index (χ4n) is 4.33. The van der Waals surface area contributed by atoms with Crippen molar-refractivity contribution in [3.8, 4) is 0 Å². The topological polar surface area (TPSA) is 32.8 Å². The Labute approximate surface area is 144 Å². The number of carbonyl (C=O) groups is 1. The third kappa shape index (κ3) is 3.65. The number of carbonyl (C=O) groups excluding carboxylic acids is 1. The van der Waals surface area contributed by atoms with E-state index in [1.54, 1.807) is 0 Å². The highest BCUT2D eigenvalue weighted by Gasteiger charge is 2.46. The van der Waals surface area contributed by atoms with Gasteiger partial charge in [0.2, 0.25) is 5.91 Å². The summed E-state index contributed by atoms with van der Waals surface area (Å²) in [5.74, 6) is 1.72. The van der Waals surface area contributed by atoms with E-state index in [0.717, 1.165) is 58.8 Å². The average Bonchev–Trinajstić information content (AvgIpc) is 3.44. The summed E-state index contributed by atoms with van der Waals surface area (Å²) in [4.78, 5) is 17.5. The van der Waals surface area contributed by atoms with Crippen LogP contribution in [0.5, 0.6) is 0 Å². The molecule has 2 aliphatic heterocycles. The molecule has 4 heteroatoms. The predicted octanol–water partition coefficient (Wildman–Crippen LogP) is 2.36. The van der Waals surface area contributed by atoms with Gasteiger partial charge in [0, 0.05) is 38.6 Å². The highest BCUT2D eigenvalue weighted by atomic mass is 16.5. The molecule has 130 valence electrons. The molecule has 0 unspecified atom stereocenters. The molecular formula is C20H28N2O2. The Balaban J connectivity index is 1.30. The van der Waals surface area contributed by atoms with Crippen LogP contribution in [-0.4, -0.2) is 61.6 Å². The van der Waals surface area contributed by atoms with E-state index in [2.05, 4.69) is 34.1 Å². The number of hydrogen-bond acceptors (Lipinski definition) is 3. The molecule has 2 saturated heterocycles. The van der Waals surface area contributed by atoms with Crippen LogP contribution in [0, 0.1) is 11.8 Å². The molecule has 3 atom stereocenters. The molecule has 0 spiro atoms. The number of amides is 1. The molecule has 3 fully saturated rings. The standard InChI is InChI=1S/C20H28N2O2/c23-20(19-13-18(19)17-6-2-1-3-7-17)22-8-4-5-16(15-22)14-21-9-11-24-12-10-21/h1-3,6-7,16,18-19H,4-5,8-15H2/t16-,18+,19-/m1/s1. The van der Waals surface area contributed by atoms with Gasteiger partial charge in [-0.25, -0.2) is 0 Å². The second-order valence-electron chi connectivity index (χ2n) is 7.56. The van der Waals surface area contributed by atoms with Gasteiger partial charge < -0.3 is 9.64 Å². The smallest absolute Gasteiger partial charge is 0.226 e. The van der Waals surface area contributed by atoms with Crippen molar-refractivity contribution in [2.24, 2.45) is 11.8 Å². The lowest BCUT2D eigenvalue weighted by Crippen LogP contribution is -2.46. The van der Waals surface area contributed by atoms with Gasteiger partial charge in [-0.2, -0.15) is 0 Å². The van der Waals surface area contributed by atoms with E-state index in [1.165, 1.54) is 12.0 Å². The number of rotatable bonds is 4. The monoisotopic (exact) mass is 328 g/mol. The average molecular weight is 328 g/mol. The zero-order chi connectivity index (χ0) is 16.4. The van der Waals surface area contributed by atoms with Gasteiger partial charge in [0.25, 0.3) is 0 Å². The third-order valence-electron chi connectivity index (χ3n) is 5.79. The summed E-state index contributed by atoms with van der Waals surface area (Å²) in [6, 6.07) is 10.5. The van der Waals surface area contributed by atoms with E-state index >= 15 is 0 Å². The first-order chi connectivity index (χ1) is 11.8. The van der Waals surface area contributed by atoms with Crippen molar-refractivity contribution < 1.29 is 9.53 Å². The molecule has 0 aromatic heterocycles. The lowest BCUT2D eigenvalue weighted by atomic mass is 9.96. The van der Waals surface area contributed by atoms with Crippen LogP contribution in [0.15, 0.2) is 30.3 Å². The molecule has 1 aromatic rings. The van der Waals surface area contributed by atoms with E-state index in [0.29, 0.717) is 17.7 Å². The highest BCUT2D eigenvalue weighted by molar-refractivity contribution is 5.83. The minimum atomic E-state index is 0.231. The largest absolute Gasteiger partial charge is 0.379 e. The maximum atomic E-state index is 12.9. The molecule has 1 saturated carbocycles. The first kappa shape index (κ1) is 16.1. The molecule has 1 amide bonds. The number of ether oxygens (including phenoxy) is 1. The Hall–Kier alpha value is -1.39. The lowest BCUT2D eigenvalue weighted by Gasteiger charge is -2.37. The molecule has 1 aliphatic carbocycles. The van der Waals surface area contributed by atoms with Crippen molar-refractivity contribution in [3.05, 3.63) is 35.9 Å². The highest BCUT2D eigenvalue weighted by Crippen LogP contribution is 2.48. The molecule has 2 heterocycles. The van der Waals surface area contributed by atoms with Crippen LogP contribution in [0.2, 0.25) is 0 Å². The van der Waals surface area contributed by atoms with Gasteiger partial charge in [-0.1, -0.05) is 30.3 Å². The van der Waals surface area contributed by atoms with Crippen molar-refractivity contribution in [3.63, 3.8) is 0 Å². The van der Waals surface area contributed by atoms with Crippen LogP contribution < -0.4 is 0 Å². The number of benzene rings is 1. The quantitative estimate of drug-likeness (QED) is 0.851. The van der Waals surface area contributed by atoms with Gasteiger partial charge in [-0.05, 0) is 36.7 Å². The van der Waals surface area contributed by atoms with Crippen LogP contribution in [0.25, 0.3) is 0 Å². The van der Waals surface area contributed by atoms with Gasteiger partial charge in [0.05, 0.1) is 13.2 Å². The van der Waals surface area contributed by atoms with Gasteiger partial charge in [-0.15, -0.1) is 0 Å². The van der Waals surface area contributed by atoms with Crippen molar-refractivity contribution in [1.82, 2.24) is 9.80 Å². The first-order valence-electron chi connectivity index (χ1n) is 9.45. The summed E-state index contributed by atoms with van der Waals surface area (Å²) >= 11 is 0. The van der Waals surface area contributed by atoms with Crippen molar-refractivity contribution in [1.29, 1.82) is 0 Å². The second kappa shape index (κ2) is 7.24. The Kier molecular flexibility index (Phi) is 4.86. The molecule has 0 bridgehead atoms. The van der Waals surface area contributed by atoms with E-state index in [-0.39, 0.29) is 5.92 Å². The second-order valence-corrected chi connectivity index (χ2v) is 7.56. The SMILES string of the molecule is O=C([C@@H]1C[C@H]1c1ccccc1)N1CCC[C@H](CN2CCOCC2)C1. The summed E-state index contributed by atoms with van der Waals surface area (Å²) in [5, 5.41) is 0. The molecule has 24 heavy (non-hydrogen) atoms. The molecule has 1 aromatic carbocycles. The third-order valence-corrected chi connectivity index (χ3v) is 5.79. The maximum Gasteiger partial charge on any atom is 0.226 e. The van der Waals surface area contributed by atoms with Gasteiger partial charge in [0.15, 0.2) is 0 Å². The number of morpholine rings is 1. The molecule has 0 N–H and O–H groups in total. The Morgan fingerprint density at radius 2 is 1.92 bits per heavy atom. The van der Waals surface area contributed by atoms with Crippen molar-refractivity contribution >= 4 is 5.91 Å². The van der Waals surface area contributed by atoms with E-state index in [9.17, 15) is 4.79 Å². The van der Waals surface area contributed by atoms with Gasteiger partial charge in [0.1, 0.15) is 0 Å². The van der Waals surface area contributed by atoms with Crippen LogP contribution in [0.3, 0.4) is 0 Å². The number of piperidine rings is 1. The maximum absolute atomic E-state index is 12.9. The van der Waals surface area contributed by atoms with E-state index in [4.69, 9.17) is 4.74 Å². The van der Waals surface area contributed by atoms with Crippen LogP contribution in [0.4, 0.5) is 0 Å². The van der Waals surface area contributed by atoms with Gasteiger partial charge >= 0.3 is 0 Å². The Morgan fingerprint density at radius 3 is 2.71 bits per heavy atom. The Bertz CT molecular complexity index is 556. The molecule has 3 aliphatic rings. The van der Waals surface area contributed by atoms with Crippen LogP contribution in [0.1, 0.15) is 30.7 Å². The van der Waals surface area contributed by atoms with Crippen LogP contribution in [-0.2, 0) is 9.53 Å². The van der Waals surface area contributed by atoms with Gasteiger partial charge in [-0.3, -0.25) is 9.69 Å². The first-order valence-corrected chi connectivity index (χ1v) is 9.45. The van der Waals surface area contributed by atoms with E-state index < -0.39 is 0 Å². The summed E-state index contributed by atoms with van der Waals surface area (Å²) in [6.07, 6.45) is 3.45. The molecule has 4 rings (SSSR count). The van der Waals surface area contributed by atoms with E-state index in [1.807, 2.05) is 6.07 Å². The fraction of sp³-hybridized carbons (Fsp3) is 0.650. The molecule has 4 nitrogen and oxygen atoms in total. The summed E-state index contributed by atoms with van der Waals surface area (Å²) < 4.78 is 5.44. The normalized spacial score (nSPS) is 31.0. The fourth-order valence-corrected chi connectivity index (χ4v) is 4.33. The number of likely N-dealkylation sites (tertiary alicyclic amines) is 1. The molecule has 0 radical (unpaired) electrons. The minimum Gasteiger partial charge on any atom is -0.379 e. The molecular weight excluding hydrogens is 300 g/mol. The predicted molar refractivity (Wildman–Crippen MR) is 93.9 cm³/mol. The van der Waals surface area contributed by atoms with Crippen molar-refractivity contribution in [2.45, 2.75) is 25.2 Å². The summed E-state index contributed by atoms with van der Waals surface area (Å²) in [7, 11) is 0. The zero-order valence-corrected chi connectivity index (χ0v) is 14.4. The number of hydrogen-bond donors (Lipinski definition) is 0. The lowest BCUT2D eigenvalue weighted by molar-refractivity contribution is -0.134.